The topological polar surface area (TPSA) is 66.4 Å². The van der Waals surface area contributed by atoms with Crippen LogP contribution in [-0.2, 0) is 10.0 Å². The summed E-state index contributed by atoms with van der Waals surface area (Å²) in [6.07, 6.45) is 0. The molecule has 4 nitrogen and oxygen atoms in total. The molecule has 1 rings (SSSR count). The van der Waals surface area contributed by atoms with E-state index in [0.29, 0.717) is 10.0 Å². The standard InChI is InChI=1S/C12H18BrNO3S/c1-8(2)11(7-15)14-18(16,17)12-6-10(13)5-4-9(12)3/h4-6,8,11,14-15H,7H2,1-3H3/t11-/m1/s1. The van der Waals surface area contributed by atoms with Crippen LogP contribution in [0.5, 0.6) is 0 Å². The predicted octanol–water partition coefficient (Wildman–Crippen LogP) is 2.05. The van der Waals surface area contributed by atoms with Crippen LogP contribution in [0.25, 0.3) is 0 Å². The first kappa shape index (κ1) is 15.6. The Morgan fingerprint density at radius 2 is 2.00 bits per heavy atom. The third-order valence-electron chi connectivity index (χ3n) is 2.75. The Hall–Kier alpha value is -0.430. The van der Waals surface area contributed by atoms with Crippen molar-refractivity contribution in [3.8, 4) is 0 Å². The van der Waals surface area contributed by atoms with Gasteiger partial charge in [-0.2, -0.15) is 0 Å². The lowest BCUT2D eigenvalue weighted by Gasteiger charge is -2.20. The Morgan fingerprint density at radius 3 is 2.50 bits per heavy atom. The van der Waals surface area contributed by atoms with Crippen LogP contribution < -0.4 is 4.72 Å². The fourth-order valence-corrected chi connectivity index (χ4v) is 3.67. The fraction of sp³-hybridized carbons (Fsp3) is 0.500. The Kier molecular flexibility index (Phi) is 5.33. The summed E-state index contributed by atoms with van der Waals surface area (Å²) in [5, 5.41) is 9.19. The molecule has 102 valence electrons. The van der Waals surface area contributed by atoms with Crippen LogP contribution in [0.1, 0.15) is 19.4 Å². The second-order valence-electron chi connectivity index (χ2n) is 4.56. The second-order valence-corrected chi connectivity index (χ2v) is 7.16. The summed E-state index contributed by atoms with van der Waals surface area (Å²) in [6, 6.07) is 4.61. The van der Waals surface area contributed by atoms with E-state index in [1.54, 1.807) is 25.1 Å². The smallest absolute Gasteiger partial charge is 0.241 e. The average Bonchev–Trinajstić information content (AvgIpc) is 2.28. The largest absolute Gasteiger partial charge is 0.395 e. The van der Waals surface area contributed by atoms with Gasteiger partial charge in [-0.3, -0.25) is 0 Å². The molecule has 0 spiro atoms. The molecule has 0 heterocycles. The molecule has 1 aromatic carbocycles. The first-order valence-electron chi connectivity index (χ1n) is 5.67. The summed E-state index contributed by atoms with van der Waals surface area (Å²) in [5.74, 6) is 0.0252. The van der Waals surface area contributed by atoms with Crippen LogP contribution in [0.3, 0.4) is 0 Å². The maximum Gasteiger partial charge on any atom is 0.241 e. The van der Waals surface area contributed by atoms with E-state index in [1.165, 1.54) is 0 Å². The number of aliphatic hydroxyl groups is 1. The van der Waals surface area contributed by atoms with E-state index in [-0.39, 0.29) is 17.4 Å². The number of nitrogens with one attached hydrogen (secondary N) is 1. The summed E-state index contributed by atoms with van der Waals surface area (Å²) in [4.78, 5) is 0.232. The van der Waals surface area contributed by atoms with Crippen LogP contribution in [0, 0.1) is 12.8 Å². The Morgan fingerprint density at radius 1 is 1.39 bits per heavy atom. The summed E-state index contributed by atoms with van der Waals surface area (Å²) >= 11 is 3.26. The zero-order valence-electron chi connectivity index (χ0n) is 10.6. The molecule has 0 unspecified atom stereocenters. The van der Waals surface area contributed by atoms with E-state index in [0.717, 1.165) is 0 Å². The van der Waals surface area contributed by atoms with E-state index in [4.69, 9.17) is 0 Å². The molecule has 0 radical (unpaired) electrons. The number of hydrogen-bond acceptors (Lipinski definition) is 3. The van der Waals surface area contributed by atoms with Crippen LogP contribution in [-0.4, -0.2) is 26.2 Å². The zero-order valence-corrected chi connectivity index (χ0v) is 13.0. The number of halogens is 1. The summed E-state index contributed by atoms with van der Waals surface area (Å²) in [5.41, 5.74) is 0.672. The molecule has 0 aromatic heterocycles. The minimum atomic E-state index is -3.61. The monoisotopic (exact) mass is 335 g/mol. The molecule has 0 amide bonds. The highest BCUT2D eigenvalue weighted by Gasteiger charge is 2.23. The second kappa shape index (κ2) is 6.14. The Bertz CT molecular complexity index is 514. The van der Waals surface area contributed by atoms with Crippen molar-refractivity contribution < 1.29 is 13.5 Å². The van der Waals surface area contributed by atoms with Crippen LogP contribution in [0.2, 0.25) is 0 Å². The van der Waals surface area contributed by atoms with Crippen molar-refractivity contribution >= 4 is 26.0 Å². The zero-order chi connectivity index (χ0) is 13.9. The molecule has 2 N–H and O–H groups in total. The Balaban J connectivity index is 3.10. The van der Waals surface area contributed by atoms with Crippen molar-refractivity contribution in [1.29, 1.82) is 0 Å². The van der Waals surface area contributed by atoms with Gasteiger partial charge in [0, 0.05) is 10.5 Å². The van der Waals surface area contributed by atoms with Gasteiger partial charge in [0.25, 0.3) is 0 Å². The number of hydrogen-bond donors (Lipinski definition) is 2. The highest BCUT2D eigenvalue weighted by molar-refractivity contribution is 9.10. The summed E-state index contributed by atoms with van der Waals surface area (Å²) in [7, 11) is -3.61. The van der Waals surface area contributed by atoms with Crippen LogP contribution in [0.4, 0.5) is 0 Å². The highest BCUT2D eigenvalue weighted by atomic mass is 79.9. The van der Waals surface area contributed by atoms with E-state index >= 15 is 0 Å². The molecule has 0 aliphatic rings. The molecule has 0 saturated heterocycles. The molecule has 1 aromatic rings. The van der Waals surface area contributed by atoms with Crippen molar-refractivity contribution in [2.45, 2.75) is 31.7 Å². The number of benzene rings is 1. The van der Waals surface area contributed by atoms with Gasteiger partial charge in [0.15, 0.2) is 0 Å². The van der Waals surface area contributed by atoms with Crippen molar-refractivity contribution in [3.63, 3.8) is 0 Å². The van der Waals surface area contributed by atoms with Gasteiger partial charge in [-0.1, -0.05) is 35.8 Å². The lowest BCUT2D eigenvalue weighted by molar-refractivity contribution is 0.227. The molecule has 0 saturated carbocycles. The van der Waals surface area contributed by atoms with E-state index in [1.807, 2.05) is 13.8 Å². The molecular formula is C12H18BrNO3S. The first-order chi connectivity index (χ1) is 8.27. The Labute approximate surface area is 117 Å². The maximum absolute atomic E-state index is 12.2. The highest BCUT2D eigenvalue weighted by Crippen LogP contribution is 2.21. The van der Waals surface area contributed by atoms with Crippen molar-refractivity contribution in [2.75, 3.05) is 6.61 Å². The van der Waals surface area contributed by atoms with Gasteiger partial charge in [0.1, 0.15) is 0 Å². The molecule has 0 bridgehead atoms. The number of rotatable bonds is 5. The third kappa shape index (κ3) is 3.78. The summed E-state index contributed by atoms with van der Waals surface area (Å²) in [6.45, 7) is 5.24. The molecule has 0 aliphatic carbocycles. The number of aryl methyl sites for hydroxylation is 1. The molecular weight excluding hydrogens is 318 g/mol. The third-order valence-corrected chi connectivity index (χ3v) is 4.87. The normalized spacial score (nSPS) is 13.9. The van der Waals surface area contributed by atoms with E-state index in [9.17, 15) is 13.5 Å². The lowest BCUT2D eigenvalue weighted by atomic mass is 10.1. The molecule has 1 atom stereocenters. The fourth-order valence-electron chi connectivity index (χ4n) is 1.51. The SMILES string of the molecule is Cc1ccc(Br)cc1S(=O)(=O)N[C@H](CO)C(C)C. The average molecular weight is 336 g/mol. The van der Waals surface area contributed by atoms with Crippen LogP contribution in [0.15, 0.2) is 27.6 Å². The van der Waals surface area contributed by atoms with E-state index < -0.39 is 16.1 Å². The van der Waals surface area contributed by atoms with Gasteiger partial charge >= 0.3 is 0 Å². The predicted molar refractivity (Wildman–Crippen MR) is 74.9 cm³/mol. The molecule has 6 heteroatoms. The minimum Gasteiger partial charge on any atom is -0.395 e. The molecule has 18 heavy (non-hydrogen) atoms. The van der Waals surface area contributed by atoms with Crippen molar-refractivity contribution in [3.05, 3.63) is 28.2 Å². The van der Waals surface area contributed by atoms with Gasteiger partial charge in [-0.25, -0.2) is 13.1 Å². The quantitative estimate of drug-likeness (QED) is 0.865. The first-order valence-corrected chi connectivity index (χ1v) is 7.95. The van der Waals surface area contributed by atoms with Crippen molar-refractivity contribution in [2.24, 2.45) is 5.92 Å². The molecule has 0 aliphatic heterocycles. The number of aliphatic hydroxyl groups excluding tert-OH is 1. The van der Waals surface area contributed by atoms with Gasteiger partial charge in [-0.05, 0) is 30.5 Å². The van der Waals surface area contributed by atoms with Gasteiger partial charge < -0.3 is 5.11 Å². The number of sulfonamides is 1. The van der Waals surface area contributed by atoms with E-state index in [2.05, 4.69) is 20.7 Å². The van der Waals surface area contributed by atoms with Gasteiger partial charge in [-0.15, -0.1) is 0 Å². The van der Waals surface area contributed by atoms with Crippen LogP contribution >= 0.6 is 15.9 Å². The lowest BCUT2D eigenvalue weighted by Crippen LogP contribution is -2.41. The maximum atomic E-state index is 12.2. The summed E-state index contributed by atoms with van der Waals surface area (Å²) < 4.78 is 27.7. The van der Waals surface area contributed by atoms with Gasteiger partial charge in [0.05, 0.1) is 11.5 Å². The van der Waals surface area contributed by atoms with Crippen molar-refractivity contribution in [1.82, 2.24) is 4.72 Å². The molecule has 0 fully saturated rings. The minimum absolute atomic E-state index is 0.0252. The van der Waals surface area contributed by atoms with Gasteiger partial charge in [0.2, 0.25) is 10.0 Å².